The Balaban J connectivity index is 1.45. The average molecular weight is 550 g/mol. The van der Waals surface area contributed by atoms with Crippen LogP contribution in [0.1, 0.15) is 59.2 Å². The minimum atomic E-state index is -1.40. The van der Waals surface area contributed by atoms with Crippen molar-refractivity contribution in [1.29, 1.82) is 0 Å². The third kappa shape index (κ3) is 7.66. The van der Waals surface area contributed by atoms with Gasteiger partial charge in [0, 0.05) is 53.6 Å². The summed E-state index contributed by atoms with van der Waals surface area (Å²) >= 11 is 7.96. The number of nitrogens with two attached hydrogens (primary N) is 2. The summed E-state index contributed by atoms with van der Waals surface area (Å²) in [6.07, 6.45) is 5.51. The smallest absolute Gasteiger partial charge is 0.153 e. The number of morpholine rings is 1. The maximum atomic E-state index is 9.11. The Morgan fingerprint density at radius 2 is 1.95 bits per heavy atom. The molecule has 1 aliphatic carbocycles. The number of rotatable bonds is 9. The summed E-state index contributed by atoms with van der Waals surface area (Å²) in [5, 5.41) is 21.6. The molecule has 0 unspecified atom stereocenters. The van der Waals surface area contributed by atoms with Gasteiger partial charge in [-0.3, -0.25) is 4.90 Å². The molecule has 4 rings (SSSR count). The SMILES string of the molecule is Cc1nc(C2CCC(N3C[C@H](/C(N)=C/N(N)CCC(O)O)OC[C@@H]3Cc3ccc(Cl)cc3)CC2)sc1C. The topological polar surface area (TPSA) is 121 Å². The number of hydrazine groups is 1. The summed E-state index contributed by atoms with van der Waals surface area (Å²) < 4.78 is 6.25. The molecule has 2 aliphatic rings. The van der Waals surface area contributed by atoms with E-state index in [1.54, 1.807) is 6.20 Å². The first kappa shape index (κ1) is 28.3. The molecule has 1 aromatic carbocycles. The monoisotopic (exact) mass is 549 g/mol. The molecule has 1 aromatic heterocycles. The Hall–Kier alpha value is -1.72. The number of aliphatic hydroxyl groups is 2. The Bertz CT molecular complexity index is 1020. The van der Waals surface area contributed by atoms with E-state index in [0.29, 0.717) is 30.8 Å². The number of hydrogen-bond acceptors (Lipinski definition) is 9. The molecule has 1 saturated heterocycles. The van der Waals surface area contributed by atoms with Crippen LogP contribution < -0.4 is 11.6 Å². The standard InChI is InChI=1S/C27H40ClN5O3S/c1-17-18(2)37-27(31-17)20-5-9-22(10-6-20)33-15-25(24(29)14-32(30)12-11-26(34)35)36-16-23(33)13-19-3-7-21(28)8-4-19/h3-4,7-8,14,20,22-23,25-26,34-35H,5-6,9-13,15-16,29-30H2,1-2H3/b24-14-/t20?,22?,23-,25+/m0/s1. The van der Waals surface area contributed by atoms with Crippen molar-refractivity contribution in [3.05, 3.63) is 62.3 Å². The molecule has 37 heavy (non-hydrogen) atoms. The molecule has 1 aliphatic heterocycles. The van der Waals surface area contributed by atoms with Gasteiger partial charge in [-0.15, -0.1) is 11.3 Å². The predicted molar refractivity (Wildman–Crippen MR) is 148 cm³/mol. The Morgan fingerprint density at radius 3 is 2.57 bits per heavy atom. The Morgan fingerprint density at radius 1 is 1.24 bits per heavy atom. The predicted octanol–water partition coefficient (Wildman–Crippen LogP) is 3.43. The number of ether oxygens (including phenoxy) is 1. The van der Waals surface area contributed by atoms with Gasteiger partial charge >= 0.3 is 0 Å². The summed E-state index contributed by atoms with van der Waals surface area (Å²) in [6.45, 7) is 5.81. The van der Waals surface area contributed by atoms with E-state index in [9.17, 15) is 0 Å². The summed E-state index contributed by atoms with van der Waals surface area (Å²) in [7, 11) is 0. The van der Waals surface area contributed by atoms with Crippen LogP contribution in [0.5, 0.6) is 0 Å². The maximum absolute atomic E-state index is 9.11. The first-order valence-electron chi connectivity index (χ1n) is 13.1. The molecule has 6 N–H and O–H groups in total. The summed E-state index contributed by atoms with van der Waals surface area (Å²) in [5.41, 5.74) is 9.36. The van der Waals surface area contributed by atoms with Crippen LogP contribution in [0.2, 0.25) is 5.02 Å². The minimum absolute atomic E-state index is 0.141. The number of hydrogen-bond donors (Lipinski definition) is 4. The van der Waals surface area contributed by atoms with Crippen molar-refractivity contribution in [2.75, 3.05) is 19.7 Å². The quantitative estimate of drug-likeness (QED) is 0.213. The van der Waals surface area contributed by atoms with Gasteiger partial charge in [0.25, 0.3) is 0 Å². The number of aromatic nitrogens is 1. The van der Waals surface area contributed by atoms with E-state index < -0.39 is 6.29 Å². The van der Waals surface area contributed by atoms with Gasteiger partial charge in [-0.05, 0) is 63.6 Å². The van der Waals surface area contributed by atoms with Crippen molar-refractivity contribution in [1.82, 2.24) is 14.9 Å². The van der Waals surface area contributed by atoms with Crippen LogP contribution in [0.25, 0.3) is 0 Å². The lowest BCUT2D eigenvalue weighted by molar-refractivity contribution is -0.0713. The van der Waals surface area contributed by atoms with E-state index in [1.165, 1.54) is 20.5 Å². The van der Waals surface area contributed by atoms with Crippen LogP contribution in [0, 0.1) is 13.8 Å². The summed E-state index contributed by atoms with van der Waals surface area (Å²) in [5.74, 6) is 6.54. The van der Waals surface area contributed by atoms with E-state index in [1.807, 2.05) is 23.5 Å². The second-order valence-corrected chi connectivity index (χ2v) is 12.0. The third-order valence-electron chi connectivity index (χ3n) is 7.61. The van der Waals surface area contributed by atoms with Crippen molar-refractivity contribution < 1.29 is 14.9 Å². The molecule has 0 spiro atoms. The zero-order valence-electron chi connectivity index (χ0n) is 21.7. The third-order valence-corrected chi connectivity index (χ3v) is 9.10. The molecule has 1 saturated carbocycles. The van der Waals surface area contributed by atoms with E-state index in [2.05, 4.69) is 30.9 Å². The number of halogens is 1. The Kier molecular flexibility index (Phi) is 9.85. The lowest BCUT2D eigenvalue weighted by Gasteiger charge is -2.46. The highest BCUT2D eigenvalue weighted by Crippen LogP contribution is 2.38. The largest absolute Gasteiger partial charge is 0.399 e. The highest BCUT2D eigenvalue weighted by molar-refractivity contribution is 7.11. The molecule has 2 atom stereocenters. The van der Waals surface area contributed by atoms with E-state index in [4.69, 9.17) is 43.1 Å². The molecule has 8 nitrogen and oxygen atoms in total. The highest BCUT2D eigenvalue weighted by Gasteiger charge is 2.37. The number of aryl methyl sites for hydroxylation is 2. The molecule has 2 heterocycles. The molecule has 2 fully saturated rings. The first-order valence-corrected chi connectivity index (χ1v) is 14.3. The van der Waals surface area contributed by atoms with Gasteiger partial charge in [0.1, 0.15) is 6.10 Å². The van der Waals surface area contributed by atoms with E-state index >= 15 is 0 Å². The fourth-order valence-electron chi connectivity index (χ4n) is 5.36. The highest BCUT2D eigenvalue weighted by atomic mass is 35.5. The minimum Gasteiger partial charge on any atom is -0.399 e. The number of nitrogens with zero attached hydrogens (tertiary/aromatic N) is 3. The van der Waals surface area contributed by atoms with Gasteiger partial charge in [-0.2, -0.15) is 0 Å². The van der Waals surface area contributed by atoms with Gasteiger partial charge < -0.3 is 25.7 Å². The van der Waals surface area contributed by atoms with Crippen molar-refractivity contribution >= 4 is 22.9 Å². The van der Waals surface area contributed by atoms with Gasteiger partial charge in [0.15, 0.2) is 6.29 Å². The molecule has 10 heteroatoms. The van der Waals surface area contributed by atoms with Crippen LogP contribution in [-0.4, -0.2) is 69.3 Å². The maximum Gasteiger partial charge on any atom is 0.153 e. The summed E-state index contributed by atoms with van der Waals surface area (Å²) in [6, 6.07) is 8.76. The first-order chi connectivity index (χ1) is 17.7. The van der Waals surface area contributed by atoms with Gasteiger partial charge in [-0.1, -0.05) is 23.7 Å². The molecule has 2 aromatic rings. The van der Waals surface area contributed by atoms with Crippen LogP contribution >= 0.6 is 22.9 Å². The van der Waals surface area contributed by atoms with Crippen molar-refractivity contribution in [3.8, 4) is 0 Å². The zero-order valence-corrected chi connectivity index (χ0v) is 23.3. The zero-order chi connectivity index (χ0) is 26.5. The molecule has 0 radical (unpaired) electrons. The lowest BCUT2D eigenvalue weighted by Crippen LogP contribution is -2.56. The van der Waals surface area contributed by atoms with Crippen molar-refractivity contribution in [2.24, 2.45) is 11.6 Å². The van der Waals surface area contributed by atoms with Gasteiger partial charge in [0.05, 0.1) is 23.0 Å². The lowest BCUT2D eigenvalue weighted by atomic mass is 9.84. The molecule has 0 amide bonds. The van der Waals surface area contributed by atoms with Crippen LogP contribution in [-0.2, 0) is 11.2 Å². The van der Waals surface area contributed by atoms with Crippen molar-refractivity contribution in [3.63, 3.8) is 0 Å². The number of benzene rings is 1. The molecular formula is C27H40ClN5O3S. The second kappa shape index (κ2) is 12.9. The van der Waals surface area contributed by atoms with Gasteiger partial charge in [0.2, 0.25) is 0 Å². The number of thiazole rings is 1. The molecular weight excluding hydrogens is 510 g/mol. The Labute approximate surface area is 228 Å². The fourth-order valence-corrected chi connectivity index (χ4v) is 6.58. The fraction of sp³-hybridized carbons (Fsp3) is 0.593. The van der Waals surface area contributed by atoms with Crippen molar-refractivity contribution in [2.45, 2.75) is 82.8 Å². The molecule has 204 valence electrons. The average Bonchev–Trinajstić information content (AvgIpc) is 3.22. The van der Waals surface area contributed by atoms with E-state index in [0.717, 1.165) is 42.8 Å². The molecule has 0 bridgehead atoms. The normalized spacial score (nSPS) is 25.5. The summed E-state index contributed by atoms with van der Waals surface area (Å²) in [4.78, 5) is 8.75. The van der Waals surface area contributed by atoms with Gasteiger partial charge in [-0.25, -0.2) is 10.8 Å². The van der Waals surface area contributed by atoms with Crippen LogP contribution in [0.15, 0.2) is 36.2 Å². The second-order valence-electron chi connectivity index (χ2n) is 10.3. The van der Waals surface area contributed by atoms with Crippen LogP contribution in [0.4, 0.5) is 0 Å². The van der Waals surface area contributed by atoms with Crippen LogP contribution in [0.3, 0.4) is 0 Å². The van der Waals surface area contributed by atoms with E-state index in [-0.39, 0.29) is 25.1 Å². The number of aliphatic hydroxyl groups excluding tert-OH is 1.